The lowest BCUT2D eigenvalue weighted by Crippen LogP contribution is -2.29. The van der Waals surface area contributed by atoms with Crippen molar-refractivity contribution in [2.45, 2.75) is 13.0 Å². The zero-order chi connectivity index (χ0) is 24.7. The van der Waals surface area contributed by atoms with Crippen LogP contribution < -0.4 is 9.80 Å². The Balaban J connectivity index is 1.71. The van der Waals surface area contributed by atoms with Crippen LogP contribution in [0.5, 0.6) is 0 Å². The van der Waals surface area contributed by atoms with E-state index in [0.717, 1.165) is 27.6 Å². The van der Waals surface area contributed by atoms with Crippen LogP contribution in [0.3, 0.4) is 0 Å². The average Bonchev–Trinajstić information content (AvgIpc) is 3.13. The van der Waals surface area contributed by atoms with E-state index in [1.54, 1.807) is 6.07 Å². The van der Waals surface area contributed by atoms with Gasteiger partial charge < -0.3 is 10.0 Å². The zero-order valence-corrected chi connectivity index (χ0v) is 19.9. The van der Waals surface area contributed by atoms with Gasteiger partial charge >= 0.3 is 0 Å². The van der Waals surface area contributed by atoms with E-state index >= 15 is 0 Å². The molecule has 0 aliphatic carbocycles. The van der Waals surface area contributed by atoms with Crippen LogP contribution in [-0.2, 0) is 9.59 Å². The van der Waals surface area contributed by atoms with Gasteiger partial charge in [-0.15, -0.1) is 0 Å². The molecule has 1 aliphatic rings. The summed E-state index contributed by atoms with van der Waals surface area (Å²) in [5.41, 5.74) is 3.90. The summed E-state index contributed by atoms with van der Waals surface area (Å²) in [5.74, 6) is -1.52. The molecule has 1 aliphatic heterocycles. The molecule has 4 aromatic carbocycles. The number of hydrogen-bond acceptors (Lipinski definition) is 4. The van der Waals surface area contributed by atoms with Gasteiger partial charge in [0.05, 0.1) is 11.6 Å². The van der Waals surface area contributed by atoms with Crippen molar-refractivity contribution in [3.63, 3.8) is 0 Å². The van der Waals surface area contributed by atoms with Gasteiger partial charge in [0.2, 0.25) is 0 Å². The smallest absolute Gasteiger partial charge is 0.300 e. The number of aryl methyl sites for hydroxylation is 1. The fraction of sp³-hybridized carbons (Fsp3) is 0.133. The van der Waals surface area contributed by atoms with E-state index in [0.29, 0.717) is 11.3 Å². The molecule has 4 aromatic rings. The van der Waals surface area contributed by atoms with Gasteiger partial charge in [0.25, 0.3) is 11.7 Å². The van der Waals surface area contributed by atoms with Crippen LogP contribution in [0.2, 0.25) is 0 Å². The van der Waals surface area contributed by atoms with Crippen LogP contribution in [0.1, 0.15) is 22.7 Å². The summed E-state index contributed by atoms with van der Waals surface area (Å²) in [6.07, 6.45) is 0. The van der Waals surface area contributed by atoms with Gasteiger partial charge in [0.15, 0.2) is 0 Å². The van der Waals surface area contributed by atoms with Crippen molar-refractivity contribution in [2.24, 2.45) is 0 Å². The van der Waals surface area contributed by atoms with E-state index < -0.39 is 17.7 Å². The lowest BCUT2D eigenvalue weighted by atomic mass is 9.92. The number of aliphatic hydroxyl groups excluding tert-OH is 1. The van der Waals surface area contributed by atoms with E-state index in [1.807, 2.05) is 111 Å². The molecule has 1 fully saturated rings. The molecule has 5 rings (SSSR count). The van der Waals surface area contributed by atoms with Gasteiger partial charge in [-0.2, -0.15) is 0 Å². The SMILES string of the molecule is Cc1ccccc1C1/C(=C(\O)c2ccc3ccccc3c2)C(=O)C(=O)N1c1ccc(N(C)C)cc1. The number of benzene rings is 4. The minimum atomic E-state index is -0.743. The first-order valence-electron chi connectivity index (χ1n) is 11.5. The predicted molar refractivity (Wildman–Crippen MR) is 141 cm³/mol. The van der Waals surface area contributed by atoms with Gasteiger partial charge in [-0.1, -0.05) is 60.7 Å². The largest absolute Gasteiger partial charge is 0.507 e. The molecular weight excluding hydrogens is 436 g/mol. The summed E-state index contributed by atoms with van der Waals surface area (Å²) >= 11 is 0. The fourth-order valence-corrected chi connectivity index (χ4v) is 4.69. The molecule has 1 saturated heterocycles. The predicted octanol–water partition coefficient (Wildman–Crippen LogP) is 5.84. The molecule has 1 unspecified atom stereocenters. The van der Waals surface area contributed by atoms with Crippen LogP contribution in [0.15, 0.2) is 96.6 Å². The molecule has 0 radical (unpaired) electrons. The second-order valence-corrected chi connectivity index (χ2v) is 9.00. The Labute approximate surface area is 204 Å². The maximum absolute atomic E-state index is 13.4. The molecule has 5 heteroatoms. The standard InChI is InChI=1S/C30H26N2O3/c1-19-8-4-7-11-25(19)27-26(28(33)22-13-12-20-9-5-6-10-21(20)18-22)29(34)30(35)32(27)24-16-14-23(15-17-24)31(2)3/h4-18,27,33H,1-3H3/b28-26+. The second kappa shape index (κ2) is 8.76. The monoisotopic (exact) mass is 462 g/mol. The third kappa shape index (κ3) is 3.85. The van der Waals surface area contributed by atoms with Crippen molar-refractivity contribution >= 4 is 39.6 Å². The fourth-order valence-electron chi connectivity index (χ4n) is 4.69. The number of hydrogen-bond donors (Lipinski definition) is 1. The van der Waals surface area contributed by atoms with Gasteiger partial charge in [0.1, 0.15) is 5.76 Å². The molecule has 1 atom stereocenters. The molecule has 1 heterocycles. The first kappa shape index (κ1) is 22.4. The Morgan fingerprint density at radius 2 is 1.49 bits per heavy atom. The molecule has 0 aromatic heterocycles. The van der Waals surface area contributed by atoms with Crippen molar-refractivity contribution in [2.75, 3.05) is 23.9 Å². The highest BCUT2D eigenvalue weighted by atomic mass is 16.3. The number of amides is 1. The molecule has 5 nitrogen and oxygen atoms in total. The highest BCUT2D eigenvalue weighted by Crippen LogP contribution is 2.43. The minimum Gasteiger partial charge on any atom is -0.507 e. The van der Waals surface area contributed by atoms with Gasteiger partial charge in [0, 0.05) is 31.0 Å². The number of fused-ring (bicyclic) bond motifs is 1. The first-order chi connectivity index (χ1) is 16.9. The Bertz CT molecular complexity index is 1490. The number of nitrogens with zero attached hydrogens (tertiary/aromatic N) is 2. The summed E-state index contributed by atoms with van der Waals surface area (Å²) in [7, 11) is 3.89. The second-order valence-electron chi connectivity index (χ2n) is 9.00. The normalized spacial score (nSPS) is 17.2. The van der Waals surface area contributed by atoms with Crippen molar-refractivity contribution in [1.29, 1.82) is 0 Å². The van der Waals surface area contributed by atoms with Crippen molar-refractivity contribution < 1.29 is 14.7 Å². The van der Waals surface area contributed by atoms with Crippen molar-refractivity contribution in [3.05, 3.63) is 113 Å². The lowest BCUT2D eigenvalue weighted by Gasteiger charge is -2.27. The highest BCUT2D eigenvalue weighted by molar-refractivity contribution is 6.51. The van der Waals surface area contributed by atoms with Crippen molar-refractivity contribution in [1.82, 2.24) is 0 Å². The number of Topliss-reactive ketones (excluding diaryl/α,β-unsaturated/α-hetero) is 1. The lowest BCUT2D eigenvalue weighted by molar-refractivity contribution is -0.132. The summed E-state index contributed by atoms with van der Waals surface area (Å²) < 4.78 is 0. The minimum absolute atomic E-state index is 0.0938. The Kier molecular flexibility index (Phi) is 5.61. The summed E-state index contributed by atoms with van der Waals surface area (Å²) in [6, 6.07) is 27.8. The third-order valence-electron chi connectivity index (χ3n) is 6.59. The molecule has 174 valence electrons. The quantitative estimate of drug-likeness (QED) is 0.235. The summed E-state index contributed by atoms with van der Waals surface area (Å²) in [4.78, 5) is 30.3. The van der Waals surface area contributed by atoms with Crippen LogP contribution in [0.25, 0.3) is 16.5 Å². The third-order valence-corrected chi connectivity index (χ3v) is 6.59. The van der Waals surface area contributed by atoms with E-state index in [2.05, 4.69) is 0 Å². The van der Waals surface area contributed by atoms with Gasteiger partial charge in [-0.05, 0) is 59.2 Å². The molecule has 1 N–H and O–H groups in total. The van der Waals surface area contributed by atoms with E-state index in [1.165, 1.54) is 4.90 Å². The first-order valence-corrected chi connectivity index (χ1v) is 11.5. The number of ketones is 1. The van der Waals surface area contributed by atoms with Crippen LogP contribution in [0.4, 0.5) is 11.4 Å². The Morgan fingerprint density at radius 1 is 0.829 bits per heavy atom. The zero-order valence-electron chi connectivity index (χ0n) is 19.9. The maximum Gasteiger partial charge on any atom is 0.300 e. The maximum atomic E-state index is 13.4. The van der Waals surface area contributed by atoms with E-state index in [4.69, 9.17) is 0 Å². The molecule has 1 amide bonds. The Hall–Kier alpha value is -4.38. The average molecular weight is 463 g/mol. The number of anilines is 2. The van der Waals surface area contributed by atoms with Crippen molar-refractivity contribution in [3.8, 4) is 0 Å². The topological polar surface area (TPSA) is 60.9 Å². The highest BCUT2D eigenvalue weighted by Gasteiger charge is 2.47. The molecular formula is C30H26N2O3. The van der Waals surface area contributed by atoms with E-state index in [-0.39, 0.29) is 11.3 Å². The molecule has 0 bridgehead atoms. The van der Waals surface area contributed by atoms with Gasteiger partial charge in [-0.25, -0.2) is 0 Å². The van der Waals surface area contributed by atoms with Crippen LogP contribution in [-0.4, -0.2) is 30.9 Å². The number of aliphatic hydroxyl groups is 1. The summed E-state index contributed by atoms with van der Waals surface area (Å²) in [5, 5.41) is 13.4. The van der Waals surface area contributed by atoms with E-state index in [9.17, 15) is 14.7 Å². The molecule has 35 heavy (non-hydrogen) atoms. The summed E-state index contributed by atoms with van der Waals surface area (Å²) in [6.45, 7) is 1.95. The number of carbonyl (C=O) groups is 2. The number of rotatable bonds is 4. The molecule has 0 saturated carbocycles. The van der Waals surface area contributed by atoms with Crippen LogP contribution >= 0.6 is 0 Å². The molecule has 0 spiro atoms. The van der Waals surface area contributed by atoms with Gasteiger partial charge in [-0.3, -0.25) is 14.5 Å². The Morgan fingerprint density at radius 3 is 2.17 bits per heavy atom. The van der Waals surface area contributed by atoms with Crippen LogP contribution in [0, 0.1) is 6.92 Å². The number of carbonyl (C=O) groups excluding carboxylic acids is 2.